The van der Waals surface area contributed by atoms with Gasteiger partial charge in [0.25, 0.3) is 0 Å². The zero-order chi connectivity index (χ0) is 15.8. The highest BCUT2D eigenvalue weighted by molar-refractivity contribution is 5.68. The zero-order valence-electron chi connectivity index (χ0n) is 13.3. The predicted molar refractivity (Wildman–Crippen MR) is 88.8 cm³/mol. The topological polar surface area (TPSA) is 29.5 Å². The Morgan fingerprint density at radius 2 is 1.68 bits per heavy atom. The number of ether oxygens (including phenoxy) is 1. The second-order valence-corrected chi connectivity index (χ2v) is 5.29. The minimum Gasteiger partial charge on any atom is -0.450 e. The van der Waals surface area contributed by atoms with Crippen LogP contribution >= 0.6 is 0 Å². The van der Waals surface area contributed by atoms with Crippen LogP contribution in [0.4, 0.5) is 4.79 Å². The lowest BCUT2D eigenvalue weighted by atomic mass is 10.0. The van der Waals surface area contributed by atoms with Crippen LogP contribution in [0.2, 0.25) is 0 Å². The summed E-state index contributed by atoms with van der Waals surface area (Å²) in [7, 11) is 0. The van der Waals surface area contributed by atoms with Gasteiger partial charge >= 0.3 is 6.09 Å². The van der Waals surface area contributed by atoms with E-state index in [1.54, 1.807) is 4.90 Å². The van der Waals surface area contributed by atoms with Gasteiger partial charge in [-0.15, -0.1) is 0 Å². The summed E-state index contributed by atoms with van der Waals surface area (Å²) in [4.78, 5) is 13.3. The van der Waals surface area contributed by atoms with Gasteiger partial charge in [-0.05, 0) is 31.4 Å². The smallest absolute Gasteiger partial charge is 0.410 e. The molecule has 2 aromatic rings. The molecular weight excluding hydrogens is 274 g/mol. The summed E-state index contributed by atoms with van der Waals surface area (Å²) in [5.74, 6) is 0. The molecule has 3 heteroatoms. The molecule has 0 saturated carbocycles. The second kappa shape index (κ2) is 8.23. The molecule has 1 aliphatic rings. The number of amides is 1. The summed E-state index contributed by atoms with van der Waals surface area (Å²) < 4.78 is 4.98. The number of hydrogen-bond donors (Lipinski definition) is 0. The van der Waals surface area contributed by atoms with Crippen LogP contribution in [0.5, 0.6) is 0 Å². The summed E-state index contributed by atoms with van der Waals surface area (Å²) >= 11 is 0. The maximum atomic E-state index is 11.5. The number of hydrogen-bond acceptors (Lipinski definition) is 2. The van der Waals surface area contributed by atoms with Gasteiger partial charge in [-0.1, -0.05) is 60.2 Å². The zero-order valence-corrected chi connectivity index (χ0v) is 13.3. The van der Waals surface area contributed by atoms with E-state index in [-0.39, 0.29) is 6.09 Å². The van der Waals surface area contributed by atoms with E-state index < -0.39 is 0 Å². The maximum absolute atomic E-state index is 11.5. The fourth-order valence-corrected chi connectivity index (χ4v) is 2.40. The number of nitrogens with zero attached hydrogens (tertiary/aromatic N) is 1. The van der Waals surface area contributed by atoms with E-state index in [9.17, 15) is 4.79 Å². The van der Waals surface area contributed by atoms with Crippen LogP contribution in [0.15, 0.2) is 54.6 Å². The predicted octanol–water partition coefficient (Wildman–Crippen LogP) is 4.20. The Balaban J connectivity index is 0.000000211. The normalized spacial score (nSPS) is 12.7. The van der Waals surface area contributed by atoms with Gasteiger partial charge < -0.3 is 9.64 Å². The van der Waals surface area contributed by atoms with Gasteiger partial charge in [0, 0.05) is 13.1 Å². The molecule has 0 aliphatic carbocycles. The van der Waals surface area contributed by atoms with Crippen molar-refractivity contribution < 1.29 is 9.53 Å². The van der Waals surface area contributed by atoms with Crippen LogP contribution in [-0.2, 0) is 17.7 Å². The van der Waals surface area contributed by atoms with E-state index in [4.69, 9.17) is 4.74 Å². The van der Waals surface area contributed by atoms with Crippen molar-refractivity contribution in [1.82, 2.24) is 4.90 Å². The molecule has 2 aromatic carbocycles. The van der Waals surface area contributed by atoms with Gasteiger partial charge in [0.1, 0.15) is 0 Å². The first-order valence-electron chi connectivity index (χ1n) is 7.71. The number of carbonyl (C=O) groups excluding carboxylic acids is 1. The molecule has 0 aromatic heterocycles. The first kappa shape index (κ1) is 16.1. The van der Waals surface area contributed by atoms with Crippen molar-refractivity contribution in [2.24, 2.45) is 0 Å². The SMILES string of the molecule is CCOC(=O)N1CCc2ccccc2C1.Cc1ccccc1. The molecule has 3 nitrogen and oxygen atoms in total. The van der Waals surface area contributed by atoms with Crippen LogP contribution in [0.3, 0.4) is 0 Å². The Morgan fingerprint density at radius 1 is 1.05 bits per heavy atom. The minimum atomic E-state index is -0.202. The van der Waals surface area contributed by atoms with Crippen molar-refractivity contribution >= 4 is 6.09 Å². The Labute approximate surface area is 132 Å². The standard InChI is InChI=1S/C12H15NO2.C7H8/c1-2-15-12(14)13-8-7-10-5-3-4-6-11(10)9-13;1-7-5-3-2-4-6-7/h3-6H,2,7-9H2,1H3;2-6H,1H3. The van der Waals surface area contributed by atoms with Crippen molar-refractivity contribution in [3.05, 3.63) is 71.3 Å². The maximum Gasteiger partial charge on any atom is 0.410 e. The number of benzene rings is 2. The second-order valence-electron chi connectivity index (χ2n) is 5.29. The highest BCUT2D eigenvalue weighted by atomic mass is 16.6. The fraction of sp³-hybridized carbons (Fsp3) is 0.316. The highest BCUT2D eigenvalue weighted by Gasteiger charge is 2.20. The van der Waals surface area contributed by atoms with Crippen molar-refractivity contribution in [3.8, 4) is 0 Å². The van der Waals surface area contributed by atoms with Gasteiger partial charge in [0.2, 0.25) is 0 Å². The highest BCUT2D eigenvalue weighted by Crippen LogP contribution is 2.18. The van der Waals surface area contributed by atoms with Crippen molar-refractivity contribution in [3.63, 3.8) is 0 Å². The summed E-state index contributed by atoms with van der Waals surface area (Å²) in [5, 5.41) is 0. The molecule has 0 bridgehead atoms. The lowest BCUT2D eigenvalue weighted by Gasteiger charge is -2.27. The van der Waals surface area contributed by atoms with Crippen LogP contribution in [0.1, 0.15) is 23.6 Å². The summed E-state index contributed by atoms with van der Waals surface area (Å²) in [5.41, 5.74) is 3.90. The summed E-state index contributed by atoms with van der Waals surface area (Å²) in [6.07, 6.45) is 0.724. The van der Waals surface area contributed by atoms with Gasteiger partial charge in [-0.2, -0.15) is 0 Å². The largest absolute Gasteiger partial charge is 0.450 e. The third-order valence-corrected chi connectivity index (χ3v) is 3.60. The lowest BCUT2D eigenvalue weighted by Crippen LogP contribution is -2.36. The number of rotatable bonds is 1. The first-order valence-corrected chi connectivity index (χ1v) is 7.71. The Morgan fingerprint density at radius 3 is 2.27 bits per heavy atom. The van der Waals surface area contributed by atoms with Crippen LogP contribution < -0.4 is 0 Å². The van der Waals surface area contributed by atoms with E-state index in [0.717, 1.165) is 13.0 Å². The molecule has 1 aliphatic heterocycles. The molecule has 3 rings (SSSR count). The van der Waals surface area contributed by atoms with E-state index in [1.807, 2.05) is 37.3 Å². The third kappa shape index (κ3) is 4.62. The fourth-order valence-electron chi connectivity index (χ4n) is 2.40. The molecule has 0 saturated heterocycles. The molecule has 116 valence electrons. The lowest BCUT2D eigenvalue weighted by molar-refractivity contribution is 0.102. The Kier molecular flexibility index (Phi) is 6.01. The molecule has 1 heterocycles. The summed E-state index contributed by atoms with van der Waals surface area (Å²) in [6.45, 7) is 5.79. The third-order valence-electron chi connectivity index (χ3n) is 3.60. The Bertz CT molecular complexity index is 595. The average Bonchev–Trinajstić information content (AvgIpc) is 2.56. The van der Waals surface area contributed by atoms with E-state index in [0.29, 0.717) is 13.2 Å². The van der Waals surface area contributed by atoms with Gasteiger partial charge in [0.15, 0.2) is 0 Å². The van der Waals surface area contributed by atoms with Gasteiger partial charge in [0.05, 0.1) is 6.61 Å². The van der Waals surface area contributed by atoms with E-state index in [1.165, 1.54) is 16.7 Å². The molecule has 0 unspecified atom stereocenters. The Hall–Kier alpha value is -2.29. The molecular formula is C19H23NO2. The molecule has 0 atom stereocenters. The van der Waals surface area contributed by atoms with Crippen molar-refractivity contribution in [2.45, 2.75) is 26.8 Å². The monoisotopic (exact) mass is 297 g/mol. The van der Waals surface area contributed by atoms with Gasteiger partial charge in [-0.25, -0.2) is 4.79 Å². The molecule has 0 spiro atoms. The van der Waals surface area contributed by atoms with E-state index >= 15 is 0 Å². The molecule has 1 amide bonds. The van der Waals surface area contributed by atoms with Crippen LogP contribution in [-0.4, -0.2) is 24.1 Å². The number of carbonyl (C=O) groups is 1. The van der Waals surface area contributed by atoms with Crippen molar-refractivity contribution in [2.75, 3.05) is 13.2 Å². The van der Waals surface area contributed by atoms with E-state index in [2.05, 4.69) is 31.2 Å². The number of aryl methyl sites for hydroxylation is 1. The number of fused-ring (bicyclic) bond motifs is 1. The van der Waals surface area contributed by atoms with Crippen LogP contribution in [0, 0.1) is 6.92 Å². The average molecular weight is 297 g/mol. The van der Waals surface area contributed by atoms with Crippen LogP contribution in [0.25, 0.3) is 0 Å². The molecule has 0 radical (unpaired) electrons. The quantitative estimate of drug-likeness (QED) is 0.789. The first-order chi connectivity index (χ1) is 10.7. The summed E-state index contributed by atoms with van der Waals surface area (Å²) in [6, 6.07) is 18.5. The molecule has 0 fully saturated rings. The van der Waals surface area contributed by atoms with Crippen molar-refractivity contribution in [1.29, 1.82) is 0 Å². The molecule has 22 heavy (non-hydrogen) atoms. The molecule has 0 N–H and O–H groups in total. The minimum absolute atomic E-state index is 0.202. The van der Waals surface area contributed by atoms with Gasteiger partial charge in [-0.3, -0.25) is 0 Å².